The predicted molar refractivity (Wildman–Crippen MR) is 317 cm³/mol. The van der Waals surface area contributed by atoms with Crippen molar-refractivity contribution in [2.45, 2.75) is 5.41 Å². The third-order valence-corrected chi connectivity index (χ3v) is 16.4. The second-order valence-corrected chi connectivity index (χ2v) is 20.4. The highest BCUT2D eigenvalue weighted by Crippen LogP contribution is 2.64. The highest BCUT2D eigenvalue weighted by Gasteiger charge is 2.52. The molecule has 14 aromatic rings. The Kier molecular flexibility index (Phi) is 9.25. The molecule has 1 unspecified atom stereocenters. The normalized spacial score (nSPS) is 14.1. The summed E-state index contributed by atoms with van der Waals surface area (Å²) in [7, 11) is 0. The Bertz CT molecular complexity index is 4670. The van der Waals surface area contributed by atoms with Crippen LogP contribution in [0.25, 0.3) is 87.6 Å². The first kappa shape index (κ1) is 42.5. The summed E-state index contributed by atoms with van der Waals surface area (Å²) in [4.78, 5) is 4.92. The molecule has 16 rings (SSSR count). The van der Waals surface area contributed by atoms with Crippen LogP contribution in [0.5, 0.6) is 0 Å². The smallest absolute Gasteiger partial charge is 0.159 e. The molecule has 1 aromatic heterocycles. The van der Waals surface area contributed by atoms with Crippen LogP contribution in [0, 0.1) is 0 Å². The number of nitrogens with zero attached hydrogens (tertiary/aromatic N) is 2. The summed E-state index contributed by atoms with van der Waals surface area (Å²) in [5.41, 5.74) is 19.9. The van der Waals surface area contributed by atoms with Crippen LogP contribution in [-0.2, 0) is 5.41 Å². The van der Waals surface area contributed by atoms with E-state index in [4.69, 9.17) is 4.42 Å². The van der Waals surface area contributed by atoms with Crippen molar-refractivity contribution in [3.05, 3.63) is 301 Å². The van der Waals surface area contributed by atoms with E-state index >= 15 is 0 Å². The monoisotopic (exact) mass is 966 g/mol. The Hall–Kier alpha value is -9.96. The topological polar surface area (TPSA) is 19.6 Å². The van der Waals surface area contributed by atoms with Gasteiger partial charge in [-0.1, -0.05) is 206 Å². The van der Waals surface area contributed by atoms with Crippen molar-refractivity contribution in [2.24, 2.45) is 0 Å². The highest BCUT2D eigenvalue weighted by atomic mass is 16.3. The van der Waals surface area contributed by atoms with Crippen LogP contribution >= 0.6 is 0 Å². The molecule has 13 aromatic carbocycles. The maximum absolute atomic E-state index is 6.87. The third kappa shape index (κ3) is 6.23. The molecule has 0 aliphatic heterocycles. The molecule has 1 heterocycles. The number of para-hydroxylation sites is 2. The molecule has 0 radical (unpaired) electrons. The molecule has 0 amide bonds. The fourth-order valence-electron chi connectivity index (χ4n) is 13.1. The molecule has 0 fully saturated rings. The van der Waals surface area contributed by atoms with E-state index in [1.54, 1.807) is 0 Å². The minimum atomic E-state index is -0.662. The standard InChI is InChI=1S/C73H46N2O/c1-2-19-49(20-3-1)64-43-52-23-8-9-24-53(52)44-70(64)75(55-36-34-48-18-5-7-22-51(48)42-55)57-38-40-61-59-26-11-14-30-66(59)73(68(61)46-57)65-29-13-10-25-58(65)60-39-37-56(45-67(60)73)74(54-35-33-47-17-4-6-21-50(47)41-54)69-31-16-28-63-62-27-12-15-32-71(62)76-72(63)69/h1-46H. The van der Waals surface area contributed by atoms with Crippen LogP contribution in [0.1, 0.15) is 22.3 Å². The molecule has 76 heavy (non-hydrogen) atoms. The van der Waals surface area contributed by atoms with Gasteiger partial charge in [0.1, 0.15) is 5.58 Å². The van der Waals surface area contributed by atoms with E-state index in [0.29, 0.717) is 0 Å². The Labute approximate surface area is 440 Å². The zero-order chi connectivity index (χ0) is 49.9. The van der Waals surface area contributed by atoms with E-state index in [2.05, 4.69) is 289 Å². The largest absolute Gasteiger partial charge is 0.454 e. The van der Waals surface area contributed by atoms with E-state index in [-0.39, 0.29) is 0 Å². The second-order valence-electron chi connectivity index (χ2n) is 20.4. The van der Waals surface area contributed by atoms with Crippen LogP contribution in [0.4, 0.5) is 34.1 Å². The van der Waals surface area contributed by atoms with Gasteiger partial charge in [0.05, 0.1) is 16.8 Å². The molecule has 2 aliphatic carbocycles. The molecular weight excluding hydrogens is 921 g/mol. The molecule has 3 heteroatoms. The van der Waals surface area contributed by atoms with Gasteiger partial charge in [0.2, 0.25) is 0 Å². The first-order valence-electron chi connectivity index (χ1n) is 26.2. The van der Waals surface area contributed by atoms with E-state index < -0.39 is 5.41 Å². The van der Waals surface area contributed by atoms with Crippen molar-refractivity contribution in [1.82, 2.24) is 0 Å². The lowest BCUT2D eigenvalue weighted by atomic mass is 9.70. The van der Waals surface area contributed by atoms with Gasteiger partial charge in [-0.25, -0.2) is 0 Å². The quantitative estimate of drug-likeness (QED) is 0.159. The van der Waals surface area contributed by atoms with Crippen molar-refractivity contribution in [1.29, 1.82) is 0 Å². The van der Waals surface area contributed by atoms with Gasteiger partial charge in [0, 0.05) is 39.1 Å². The summed E-state index contributed by atoms with van der Waals surface area (Å²) in [6.07, 6.45) is 0. The summed E-state index contributed by atoms with van der Waals surface area (Å²) in [5, 5.41) is 9.36. The predicted octanol–water partition coefficient (Wildman–Crippen LogP) is 20.0. The zero-order valence-electron chi connectivity index (χ0n) is 41.4. The summed E-state index contributed by atoms with van der Waals surface area (Å²) < 4.78 is 6.87. The molecule has 354 valence electrons. The lowest BCUT2D eigenvalue weighted by Crippen LogP contribution is -2.26. The van der Waals surface area contributed by atoms with Crippen molar-refractivity contribution < 1.29 is 4.42 Å². The Balaban J connectivity index is 0.970. The molecule has 1 spiro atoms. The van der Waals surface area contributed by atoms with Gasteiger partial charge in [-0.3, -0.25) is 0 Å². The van der Waals surface area contributed by atoms with Crippen molar-refractivity contribution >= 4 is 88.4 Å². The molecule has 3 nitrogen and oxygen atoms in total. The number of fused-ring (bicyclic) bond motifs is 16. The minimum Gasteiger partial charge on any atom is -0.454 e. The fraction of sp³-hybridized carbons (Fsp3) is 0.0137. The summed E-state index contributed by atoms with van der Waals surface area (Å²) in [6, 6.07) is 103. The van der Waals surface area contributed by atoms with Crippen LogP contribution in [0.2, 0.25) is 0 Å². The molecule has 2 aliphatic rings. The van der Waals surface area contributed by atoms with E-state index in [0.717, 1.165) is 56.1 Å². The number of anilines is 6. The van der Waals surface area contributed by atoms with Gasteiger partial charge < -0.3 is 14.2 Å². The third-order valence-electron chi connectivity index (χ3n) is 16.4. The van der Waals surface area contributed by atoms with Gasteiger partial charge in [-0.05, 0) is 155 Å². The Morgan fingerprint density at radius 1 is 0.263 bits per heavy atom. The maximum Gasteiger partial charge on any atom is 0.159 e. The molecule has 0 saturated heterocycles. The number of benzene rings is 13. The molecule has 0 bridgehead atoms. The van der Waals surface area contributed by atoms with Gasteiger partial charge >= 0.3 is 0 Å². The van der Waals surface area contributed by atoms with Crippen LogP contribution in [-0.4, -0.2) is 0 Å². The SMILES string of the molecule is c1ccc(-c2cc3ccccc3cc2N(c2ccc3c(c2)C2(c4ccccc4-3)c3ccccc3-c3ccc(N(c4ccc5ccccc5c4)c4cccc5c4oc4ccccc45)cc32)c2ccc3ccccc3c2)cc1. The Morgan fingerprint density at radius 2 is 0.711 bits per heavy atom. The van der Waals surface area contributed by atoms with Crippen LogP contribution < -0.4 is 9.80 Å². The zero-order valence-corrected chi connectivity index (χ0v) is 41.4. The highest BCUT2D eigenvalue weighted by molar-refractivity contribution is 6.11. The summed E-state index contributed by atoms with van der Waals surface area (Å²) in [6.45, 7) is 0. The van der Waals surface area contributed by atoms with Gasteiger partial charge in [-0.2, -0.15) is 0 Å². The lowest BCUT2D eigenvalue weighted by Gasteiger charge is -2.34. The van der Waals surface area contributed by atoms with Gasteiger partial charge in [0.15, 0.2) is 5.58 Å². The van der Waals surface area contributed by atoms with Crippen LogP contribution in [0.3, 0.4) is 0 Å². The first-order valence-corrected chi connectivity index (χ1v) is 26.2. The van der Waals surface area contributed by atoms with Gasteiger partial charge in [0.25, 0.3) is 0 Å². The fourth-order valence-corrected chi connectivity index (χ4v) is 13.1. The maximum atomic E-state index is 6.87. The van der Waals surface area contributed by atoms with E-state index in [9.17, 15) is 0 Å². The van der Waals surface area contributed by atoms with Crippen molar-refractivity contribution in [3.8, 4) is 33.4 Å². The molecular formula is C73H46N2O. The average Bonchev–Trinajstić information content (AvgIpc) is 4.33. The summed E-state index contributed by atoms with van der Waals surface area (Å²) >= 11 is 0. The molecule has 0 saturated carbocycles. The molecule has 1 atom stereocenters. The number of furan rings is 1. The Morgan fingerprint density at radius 3 is 1.33 bits per heavy atom. The lowest BCUT2D eigenvalue weighted by molar-refractivity contribution is 0.669. The van der Waals surface area contributed by atoms with E-state index in [1.165, 1.54) is 88.0 Å². The van der Waals surface area contributed by atoms with E-state index in [1.807, 2.05) is 0 Å². The van der Waals surface area contributed by atoms with Gasteiger partial charge in [-0.15, -0.1) is 0 Å². The van der Waals surface area contributed by atoms with Crippen molar-refractivity contribution in [3.63, 3.8) is 0 Å². The molecule has 0 N–H and O–H groups in total. The van der Waals surface area contributed by atoms with Crippen LogP contribution in [0.15, 0.2) is 283 Å². The second kappa shape index (κ2) is 16.5. The van der Waals surface area contributed by atoms with Crippen molar-refractivity contribution in [2.75, 3.05) is 9.80 Å². The average molecular weight is 967 g/mol. The minimum absolute atomic E-state index is 0.662. The number of hydrogen-bond donors (Lipinski definition) is 0. The first-order chi connectivity index (χ1) is 37.7. The summed E-state index contributed by atoms with van der Waals surface area (Å²) in [5.74, 6) is 0. The number of rotatable bonds is 7. The number of hydrogen-bond acceptors (Lipinski definition) is 3.